The van der Waals surface area contributed by atoms with Crippen LogP contribution in [0.4, 0.5) is 4.79 Å². The van der Waals surface area contributed by atoms with E-state index in [4.69, 9.17) is 4.74 Å². The van der Waals surface area contributed by atoms with Crippen molar-refractivity contribution in [2.75, 3.05) is 12.3 Å². The lowest BCUT2D eigenvalue weighted by molar-refractivity contribution is -0.141. The summed E-state index contributed by atoms with van der Waals surface area (Å²) in [7, 11) is 0. The van der Waals surface area contributed by atoms with Gasteiger partial charge in [-0.2, -0.15) is 11.8 Å². The molecule has 114 valence electrons. The Balaban J connectivity index is 1.96. The minimum Gasteiger partial charge on any atom is -0.480 e. The fourth-order valence-corrected chi connectivity index (χ4v) is 3.60. The molecule has 1 fully saturated rings. The van der Waals surface area contributed by atoms with Crippen LogP contribution in [0.15, 0.2) is 30.3 Å². The van der Waals surface area contributed by atoms with E-state index in [1.807, 2.05) is 37.3 Å². The molecule has 2 atom stereocenters. The molecule has 1 N–H and O–H groups in total. The average molecular weight is 309 g/mol. The maximum atomic E-state index is 12.1. The van der Waals surface area contributed by atoms with Crippen LogP contribution in [-0.2, 0) is 16.1 Å². The van der Waals surface area contributed by atoms with Crippen molar-refractivity contribution in [2.45, 2.75) is 31.2 Å². The lowest BCUT2D eigenvalue weighted by Crippen LogP contribution is -2.44. The van der Waals surface area contributed by atoms with Crippen molar-refractivity contribution < 1.29 is 19.4 Å². The summed E-state index contributed by atoms with van der Waals surface area (Å²) in [6.07, 6.45) is 0.140. The summed E-state index contributed by atoms with van der Waals surface area (Å²) in [5.74, 6) is -0.128. The summed E-state index contributed by atoms with van der Waals surface area (Å²) >= 11 is 1.58. The van der Waals surface area contributed by atoms with Gasteiger partial charge < -0.3 is 9.84 Å². The topological polar surface area (TPSA) is 66.8 Å². The molecule has 5 nitrogen and oxygen atoms in total. The third-order valence-electron chi connectivity index (χ3n) is 3.42. The lowest BCUT2D eigenvalue weighted by Gasteiger charge is -2.23. The number of amides is 1. The summed E-state index contributed by atoms with van der Waals surface area (Å²) in [5, 5.41) is 9.29. The van der Waals surface area contributed by atoms with Crippen molar-refractivity contribution in [2.24, 2.45) is 0 Å². The van der Waals surface area contributed by atoms with Crippen molar-refractivity contribution in [1.82, 2.24) is 4.90 Å². The van der Waals surface area contributed by atoms with Crippen LogP contribution in [0, 0.1) is 0 Å². The summed E-state index contributed by atoms with van der Waals surface area (Å²) < 4.78 is 5.23. The second kappa shape index (κ2) is 7.36. The number of carbonyl (C=O) groups excluding carboxylic acids is 1. The molecule has 1 aliphatic rings. The molecule has 6 heteroatoms. The number of nitrogens with zero attached hydrogens (tertiary/aromatic N) is 1. The number of benzene rings is 1. The zero-order valence-corrected chi connectivity index (χ0v) is 12.7. The number of carboxylic acids is 1. The second-order valence-corrected chi connectivity index (χ2v) is 6.32. The molecule has 0 radical (unpaired) electrons. The molecule has 0 spiro atoms. The molecule has 0 saturated carbocycles. The van der Waals surface area contributed by atoms with E-state index >= 15 is 0 Å². The molecule has 1 aliphatic heterocycles. The predicted molar refractivity (Wildman–Crippen MR) is 81.3 cm³/mol. The minimum absolute atomic E-state index is 0.0585. The van der Waals surface area contributed by atoms with Crippen molar-refractivity contribution >= 4 is 23.8 Å². The van der Waals surface area contributed by atoms with Crippen molar-refractivity contribution in [3.8, 4) is 0 Å². The van der Waals surface area contributed by atoms with Gasteiger partial charge in [0.05, 0.1) is 0 Å². The van der Waals surface area contributed by atoms with Crippen LogP contribution >= 0.6 is 11.8 Å². The Morgan fingerprint density at radius 2 is 2.10 bits per heavy atom. The van der Waals surface area contributed by atoms with Crippen LogP contribution < -0.4 is 0 Å². The minimum atomic E-state index is -0.963. The number of ether oxygens (including phenoxy) is 1. The van der Waals surface area contributed by atoms with Gasteiger partial charge in [-0.1, -0.05) is 37.3 Å². The van der Waals surface area contributed by atoms with Gasteiger partial charge in [0.25, 0.3) is 0 Å². The van der Waals surface area contributed by atoms with E-state index in [1.54, 1.807) is 11.8 Å². The van der Waals surface area contributed by atoms with E-state index in [2.05, 4.69) is 0 Å². The number of carbonyl (C=O) groups is 2. The first-order valence-corrected chi connectivity index (χ1v) is 8.00. The summed E-state index contributed by atoms with van der Waals surface area (Å²) in [5.41, 5.74) is 0.886. The molecular weight excluding hydrogens is 290 g/mol. The molecule has 1 amide bonds. The third kappa shape index (κ3) is 3.91. The smallest absolute Gasteiger partial charge is 0.410 e. The van der Waals surface area contributed by atoms with Gasteiger partial charge in [-0.3, -0.25) is 4.90 Å². The van der Waals surface area contributed by atoms with Gasteiger partial charge in [0.2, 0.25) is 0 Å². The second-order valence-electron chi connectivity index (χ2n) is 4.80. The number of carboxylic acid groups (broad SMARTS) is 1. The van der Waals surface area contributed by atoms with Crippen LogP contribution in [0.25, 0.3) is 0 Å². The SMILES string of the molecule is CCS[C@H]1CCN(C(=O)OCc2ccccc2)[C@@H]1C(=O)O. The number of likely N-dealkylation sites (tertiary alicyclic amines) is 1. The van der Waals surface area contributed by atoms with Gasteiger partial charge in [-0.15, -0.1) is 0 Å². The van der Waals surface area contributed by atoms with E-state index in [0.29, 0.717) is 13.0 Å². The molecule has 0 aromatic heterocycles. The highest BCUT2D eigenvalue weighted by atomic mass is 32.2. The Kier molecular flexibility index (Phi) is 5.50. The van der Waals surface area contributed by atoms with Gasteiger partial charge >= 0.3 is 12.1 Å². The van der Waals surface area contributed by atoms with Gasteiger partial charge in [0.1, 0.15) is 12.6 Å². The summed E-state index contributed by atoms with van der Waals surface area (Å²) in [6, 6.07) is 8.56. The molecule has 1 heterocycles. The van der Waals surface area contributed by atoms with Crippen molar-refractivity contribution in [3.63, 3.8) is 0 Å². The Morgan fingerprint density at radius 3 is 2.71 bits per heavy atom. The Morgan fingerprint density at radius 1 is 1.38 bits per heavy atom. The van der Waals surface area contributed by atoms with Crippen molar-refractivity contribution in [3.05, 3.63) is 35.9 Å². The number of thioether (sulfide) groups is 1. The fourth-order valence-electron chi connectivity index (χ4n) is 2.45. The standard InChI is InChI=1S/C15H19NO4S/c1-2-21-12-8-9-16(13(12)14(17)18)15(19)20-10-11-6-4-3-5-7-11/h3-7,12-13H,2,8-10H2,1H3,(H,17,18)/t12-,13-/m0/s1. The largest absolute Gasteiger partial charge is 0.480 e. The number of hydrogen-bond acceptors (Lipinski definition) is 4. The van der Waals surface area contributed by atoms with Gasteiger partial charge in [-0.05, 0) is 17.7 Å². The quantitative estimate of drug-likeness (QED) is 0.905. The van der Waals surface area contributed by atoms with E-state index < -0.39 is 18.1 Å². The summed E-state index contributed by atoms with van der Waals surface area (Å²) in [6.45, 7) is 2.58. The first-order chi connectivity index (χ1) is 10.1. The van der Waals surface area contributed by atoms with Gasteiger partial charge in [0.15, 0.2) is 0 Å². The third-order valence-corrected chi connectivity index (χ3v) is 4.67. The Bertz CT molecular complexity index is 494. The van der Waals surface area contributed by atoms with Crippen LogP contribution in [0.1, 0.15) is 18.9 Å². The van der Waals surface area contributed by atoms with Crippen LogP contribution in [0.3, 0.4) is 0 Å². The van der Waals surface area contributed by atoms with E-state index in [-0.39, 0.29) is 11.9 Å². The van der Waals surface area contributed by atoms with Gasteiger partial charge in [-0.25, -0.2) is 9.59 Å². The average Bonchev–Trinajstić information content (AvgIpc) is 2.90. The normalized spacial score (nSPS) is 21.3. The van der Waals surface area contributed by atoms with Crippen LogP contribution in [-0.4, -0.2) is 45.7 Å². The van der Waals surface area contributed by atoms with Crippen LogP contribution in [0.2, 0.25) is 0 Å². The van der Waals surface area contributed by atoms with Crippen molar-refractivity contribution in [1.29, 1.82) is 0 Å². The monoisotopic (exact) mass is 309 g/mol. The highest BCUT2D eigenvalue weighted by Crippen LogP contribution is 2.29. The molecule has 0 aliphatic carbocycles. The molecule has 21 heavy (non-hydrogen) atoms. The first kappa shape index (κ1) is 15.7. The first-order valence-electron chi connectivity index (χ1n) is 6.95. The molecule has 0 unspecified atom stereocenters. The number of hydrogen-bond donors (Lipinski definition) is 1. The van der Waals surface area contributed by atoms with E-state index in [9.17, 15) is 14.7 Å². The molecule has 0 bridgehead atoms. The van der Waals surface area contributed by atoms with E-state index in [0.717, 1.165) is 11.3 Å². The van der Waals surface area contributed by atoms with Gasteiger partial charge in [0, 0.05) is 11.8 Å². The molecule has 1 aromatic rings. The Hall–Kier alpha value is -1.69. The molecule has 1 aromatic carbocycles. The van der Waals surface area contributed by atoms with E-state index in [1.165, 1.54) is 4.90 Å². The zero-order chi connectivity index (χ0) is 15.2. The van der Waals surface area contributed by atoms with Crippen LogP contribution in [0.5, 0.6) is 0 Å². The highest BCUT2D eigenvalue weighted by molar-refractivity contribution is 7.99. The predicted octanol–water partition coefficient (Wildman–Crippen LogP) is 2.60. The lowest BCUT2D eigenvalue weighted by atomic mass is 10.2. The highest BCUT2D eigenvalue weighted by Gasteiger charge is 2.42. The number of aliphatic carboxylic acids is 1. The Labute approximate surface area is 128 Å². The summed E-state index contributed by atoms with van der Waals surface area (Å²) in [4.78, 5) is 24.9. The fraction of sp³-hybridized carbons (Fsp3) is 0.467. The molecule has 1 saturated heterocycles. The molecular formula is C15H19NO4S. The molecule has 2 rings (SSSR count). The zero-order valence-electron chi connectivity index (χ0n) is 11.9. The maximum absolute atomic E-state index is 12.1. The maximum Gasteiger partial charge on any atom is 0.410 e. The number of rotatable bonds is 5.